The Labute approximate surface area is 61.2 Å². The molecule has 2 unspecified atom stereocenters. The maximum Gasteiger partial charge on any atom is 0.311 e. The SMILES string of the molecule is CCC(N)CS(=O)C(F)F. The Morgan fingerprint density at radius 3 is 2.40 bits per heavy atom. The molecule has 0 aromatic heterocycles. The molecule has 0 heterocycles. The summed E-state index contributed by atoms with van der Waals surface area (Å²) in [5.41, 5.74) is 5.29. The van der Waals surface area contributed by atoms with Gasteiger partial charge in [0.05, 0.1) is 10.8 Å². The maximum atomic E-state index is 11.6. The van der Waals surface area contributed by atoms with Crippen LogP contribution in [-0.4, -0.2) is 21.8 Å². The average Bonchev–Trinajstić information content (AvgIpc) is 1.87. The lowest BCUT2D eigenvalue weighted by atomic mass is 10.3. The highest BCUT2D eigenvalue weighted by Gasteiger charge is 2.15. The standard InChI is InChI=1S/C5H11F2NOS/c1-2-4(8)3-10(9)5(6)7/h4-5H,2-3,8H2,1H3. The van der Waals surface area contributed by atoms with Gasteiger partial charge in [-0.05, 0) is 6.42 Å². The third kappa shape index (κ3) is 3.90. The van der Waals surface area contributed by atoms with Crippen molar-refractivity contribution in [2.45, 2.75) is 25.1 Å². The maximum absolute atomic E-state index is 11.6. The van der Waals surface area contributed by atoms with E-state index >= 15 is 0 Å². The summed E-state index contributed by atoms with van der Waals surface area (Å²) in [6, 6.07) is -0.366. The quantitative estimate of drug-likeness (QED) is 0.676. The predicted octanol–water partition coefficient (Wildman–Crippen LogP) is 0.695. The molecule has 2 atom stereocenters. The molecule has 0 aromatic rings. The van der Waals surface area contributed by atoms with Crippen LogP contribution in [0, 0.1) is 0 Å². The van der Waals surface area contributed by atoms with Gasteiger partial charge in [-0.1, -0.05) is 6.92 Å². The zero-order chi connectivity index (χ0) is 8.15. The molecular weight excluding hydrogens is 160 g/mol. The van der Waals surface area contributed by atoms with Crippen molar-refractivity contribution >= 4 is 10.8 Å². The van der Waals surface area contributed by atoms with Crippen LogP contribution in [0.4, 0.5) is 8.78 Å². The number of hydrogen-bond acceptors (Lipinski definition) is 2. The molecule has 0 amide bonds. The molecule has 0 saturated carbocycles. The highest BCUT2D eigenvalue weighted by molar-refractivity contribution is 7.85. The molecular formula is C5H11F2NOS. The monoisotopic (exact) mass is 171 g/mol. The average molecular weight is 171 g/mol. The van der Waals surface area contributed by atoms with Crippen molar-refractivity contribution in [3.63, 3.8) is 0 Å². The minimum absolute atomic E-state index is 0.103. The molecule has 5 heteroatoms. The topological polar surface area (TPSA) is 43.1 Å². The molecule has 0 fully saturated rings. The van der Waals surface area contributed by atoms with Crippen LogP contribution >= 0.6 is 0 Å². The Kier molecular flexibility index (Phi) is 4.72. The Hall–Kier alpha value is -0.0300. The fourth-order valence-electron chi connectivity index (χ4n) is 0.402. The first kappa shape index (κ1) is 9.97. The van der Waals surface area contributed by atoms with Crippen LogP contribution in [0.2, 0.25) is 0 Å². The fraction of sp³-hybridized carbons (Fsp3) is 1.00. The van der Waals surface area contributed by atoms with Crippen LogP contribution < -0.4 is 5.73 Å². The summed E-state index contributed by atoms with van der Waals surface area (Å²) < 4.78 is 33.5. The van der Waals surface area contributed by atoms with Crippen LogP contribution in [0.25, 0.3) is 0 Å². The van der Waals surface area contributed by atoms with E-state index in [0.29, 0.717) is 6.42 Å². The van der Waals surface area contributed by atoms with Gasteiger partial charge in [0.1, 0.15) is 0 Å². The lowest BCUT2D eigenvalue weighted by molar-refractivity contribution is 0.243. The van der Waals surface area contributed by atoms with Crippen molar-refractivity contribution in [2.75, 3.05) is 5.75 Å². The largest absolute Gasteiger partial charge is 0.327 e. The van der Waals surface area contributed by atoms with Crippen molar-refractivity contribution in [1.29, 1.82) is 0 Å². The number of rotatable bonds is 4. The van der Waals surface area contributed by atoms with E-state index in [9.17, 15) is 13.0 Å². The number of nitrogens with two attached hydrogens (primary N) is 1. The Balaban J connectivity index is 3.57. The van der Waals surface area contributed by atoms with E-state index in [0.717, 1.165) is 0 Å². The molecule has 0 rings (SSSR count). The van der Waals surface area contributed by atoms with Gasteiger partial charge in [0, 0.05) is 11.8 Å². The van der Waals surface area contributed by atoms with Crippen LogP contribution in [-0.2, 0) is 10.8 Å². The second kappa shape index (κ2) is 4.73. The minimum Gasteiger partial charge on any atom is -0.327 e. The van der Waals surface area contributed by atoms with Crippen LogP contribution in [0.3, 0.4) is 0 Å². The first-order valence-electron chi connectivity index (χ1n) is 2.98. The van der Waals surface area contributed by atoms with Gasteiger partial charge in [0.2, 0.25) is 0 Å². The van der Waals surface area contributed by atoms with E-state index in [1.165, 1.54) is 0 Å². The van der Waals surface area contributed by atoms with Crippen molar-refractivity contribution < 1.29 is 13.0 Å². The van der Waals surface area contributed by atoms with Gasteiger partial charge in [-0.25, -0.2) is 0 Å². The molecule has 0 bridgehead atoms. The summed E-state index contributed by atoms with van der Waals surface area (Å²) in [6.07, 6.45) is 0.582. The van der Waals surface area contributed by atoms with Gasteiger partial charge in [-0.15, -0.1) is 0 Å². The van der Waals surface area contributed by atoms with E-state index in [1.807, 2.05) is 0 Å². The third-order valence-corrected chi connectivity index (χ3v) is 2.26. The Morgan fingerprint density at radius 1 is 1.60 bits per heavy atom. The first-order valence-corrected chi connectivity index (χ1v) is 4.37. The minimum atomic E-state index is -2.75. The highest BCUT2D eigenvalue weighted by Crippen LogP contribution is 2.01. The van der Waals surface area contributed by atoms with Crippen LogP contribution in [0.5, 0.6) is 0 Å². The van der Waals surface area contributed by atoms with Crippen molar-refractivity contribution in [2.24, 2.45) is 5.73 Å². The zero-order valence-electron chi connectivity index (χ0n) is 5.72. The summed E-state index contributed by atoms with van der Waals surface area (Å²) in [7, 11) is -2.06. The van der Waals surface area contributed by atoms with Crippen molar-refractivity contribution in [3.8, 4) is 0 Å². The summed E-state index contributed by atoms with van der Waals surface area (Å²) in [4.78, 5) is 0. The van der Waals surface area contributed by atoms with Gasteiger partial charge >= 0.3 is 5.76 Å². The number of halogens is 2. The van der Waals surface area contributed by atoms with Gasteiger partial charge in [-0.3, -0.25) is 4.21 Å². The van der Waals surface area contributed by atoms with Crippen LogP contribution in [0.15, 0.2) is 0 Å². The van der Waals surface area contributed by atoms with Gasteiger partial charge < -0.3 is 5.73 Å². The predicted molar refractivity (Wildman–Crippen MR) is 37.3 cm³/mol. The molecule has 0 aromatic carbocycles. The van der Waals surface area contributed by atoms with E-state index in [4.69, 9.17) is 5.73 Å². The molecule has 0 saturated heterocycles. The smallest absolute Gasteiger partial charge is 0.311 e. The van der Waals surface area contributed by atoms with E-state index in [-0.39, 0.29) is 11.8 Å². The molecule has 2 N–H and O–H groups in total. The highest BCUT2D eigenvalue weighted by atomic mass is 32.2. The van der Waals surface area contributed by atoms with Crippen molar-refractivity contribution in [3.05, 3.63) is 0 Å². The molecule has 2 nitrogen and oxygen atoms in total. The molecule has 0 aliphatic heterocycles. The lowest BCUT2D eigenvalue weighted by Gasteiger charge is -2.06. The summed E-state index contributed by atoms with van der Waals surface area (Å²) >= 11 is 0. The fourth-order valence-corrected chi connectivity index (χ4v) is 1.20. The molecule has 62 valence electrons. The molecule has 0 spiro atoms. The summed E-state index contributed by atoms with van der Waals surface area (Å²) in [5, 5.41) is 0. The summed E-state index contributed by atoms with van der Waals surface area (Å²) in [5.74, 6) is -2.86. The molecule has 0 aliphatic rings. The lowest BCUT2D eigenvalue weighted by Crippen LogP contribution is -2.28. The second-order valence-corrected chi connectivity index (χ2v) is 3.43. The normalized spacial score (nSPS) is 17.3. The van der Waals surface area contributed by atoms with Crippen molar-refractivity contribution in [1.82, 2.24) is 0 Å². The van der Waals surface area contributed by atoms with Gasteiger partial charge in [0.25, 0.3) is 0 Å². The van der Waals surface area contributed by atoms with Gasteiger partial charge in [-0.2, -0.15) is 8.78 Å². The zero-order valence-corrected chi connectivity index (χ0v) is 6.54. The van der Waals surface area contributed by atoms with Gasteiger partial charge in [0.15, 0.2) is 0 Å². The summed E-state index contributed by atoms with van der Waals surface area (Å²) in [6.45, 7) is 1.77. The Morgan fingerprint density at radius 2 is 2.10 bits per heavy atom. The number of hydrogen-bond donors (Lipinski definition) is 1. The molecule has 0 radical (unpaired) electrons. The van der Waals surface area contributed by atoms with E-state index in [2.05, 4.69) is 0 Å². The number of alkyl halides is 2. The molecule has 0 aliphatic carbocycles. The molecule has 10 heavy (non-hydrogen) atoms. The first-order chi connectivity index (χ1) is 4.57. The van der Waals surface area contributed by atoms with E-state index in [1.54, 1.807) is 6.92 Å². The van der Waals surface area contributed by atoms with Crippen LogP contribution in [0.1, 0.15) is 13.3 Å². The second-order valence-electron chi connectivity index (χ2n) is 1.98. The van der Waals surface area contributed by atoms with E-state index < -0.39 is 16.6 Å². The Bertz CT molecular complexity index is 120. The third-order valence-electron chi connectivity index (χ3n) is 1.10.